The van der Waals surface area contributed by atoms with Crippen molar-refractivity contribution in [3.05, 3.63) is 23.4 Å². The fourth-order valence-corrected chi connectivity index (χ4v) is 3.17. The van der Waals surface area contributed by atoms with Crippen molar-refractivity contribution < 1.29 is 4.74 Å². The van der Waals surface area contributed by atoms with Crippen LogP contribution in [0.5, 0.6) is 0 Å². The van der Waals surface area contributed by atoms with Gasteiger partial charge in [-0.25, -0.2) is 4.98 Å². The lowest BCUT2D eigenvalue weighted by molar-refractivity contribution is 0.194. The molecule has 3 heterocycles. The van der Waals surface area contributed by atoms with Crippen LogP contribution in [0.15, 0.2) is 12.1 Å². The SMILES string of the molecule is CC(C)c1ccc(C2CCOC2)c(N2CCN(C)CC2)n1. The van der Waals surface area contributed by atoms with Crippen molar-refractivity contribution in [2.45, 2.75) is 32.1 Å². The largest absolute Gasteiger partial charge is 0.381 e. The molecule has 4 nitrogen and oxygen atoms in total. The molecule has 21 heavy (non-hydrogen) atoms. The quantitative estimate of drug-likeness (QED) is 0.854. The highest BCUT2D eigenvalue weighted by molar-refractivity contribution is 5.51. The Hall–Kier alpha value is -1.13. The molecule has 0 aromatic carbocycles. The third-order valence-electron chi connectivity index (χ3n) is 4.69. The second-order valence-corrected chi connectivity index (χ2v) is 6.65. The summed E-state index contributed by atoms with van der Waals surface area (Å²) in [5.41, 5.74) is 2.59. The number of likely N-dealkylation sites (N-methyl/N-ethyl adjacent to an activating group) is 1. The summed E-state index contributed by atoms with van der Waals surface area (Å²) in [5.74, 6) is 2.21. The smallest absolute Gasteiger partial charge is 0.132 e. The molecule has 0 aliphatic carbocycles. The topological polar surface area (TPSA) is 28.6 Å². The highest BCUT2D eigenvalue weighted by Gasteiger charge is 2.26. The zero-order chi connectivity index (χ0) is 14.8. The number of aromatic nitrogens is 1. The highest BCUT2D eigenvalue weighted by Crippen LogP contribution is 2.33. The van der Waals surface area contributed by atoms with E-state index in [1.165, 1.54) is 17.1 Å². The summed E-state index contributed by atoms with van der Waals surface area (Å²) in [6.45, 7) is 10.6. The fourth-order valence-electron chi connectivity index (χ4n) is 3.17. The maximum absolute atomic E-state index is 5.59. The molecule has 0 spiro atoms. The van der Waals surface area contributed by atoms with Crippen molar-refractivity contribution in [1.82, 2.24) is 9.88 Å². The predicted molar refractivity (Wildman–Crippen MR) is 86.2 cm³/mol. The molecule has 0 amide bonds. The first kappa shape index (κ1) is 14.8. The van der Waals surface area contributed by atoms with E-state index in [1.54, 1.807) is 0 Å². The molecule has 2 fully saturated rings. The normalized spacial score (nSPS) is 24.0. The first-order chi connectivity index (χ1) is 10.1. The first-order valence-electron chi connectivity index (χ1n) is 8.17. The van der Waals surface area contributed by atoms with Gasteiger partial charge in [-0.15, -0.1) is 0 Å². The van der Waals surface area contributed by atoms with Gasteiger partial charge in [-0.2, -0.15) is 0 Å². The maximum Gasteiger partial charge on any atom is 0.132 e. The van der Waals surface area contributed by atoms with Crippen molar-refractivity contribution >= 4 is 5.82 Å². The van der Waals surface area contributed by atoms with Gasteiger partial charge in [0.25, 0.3) is 0 Å². The van der Waals surface area contributed by atoms with Crippen LogP contribution in [0.4, 0.5) is 5.82 Å². The van der Waals surface area contributed by atoms with E-state index in [0.717, 1.165) is 45.8 Å². The van der Waals surface area contributed by atoms with E-state index in [4.69, 9.17) is 9.72 Å². The third kappa shape index (κ3) is 3.22. The van der Waals surface area contributed by atoms with Crippen molar-refractivity contribution in [2.75, 3.05) is 51.3 Å². The summed E-state index contributed by atoms with van der Waals surface area (Å²) < 4.78 is 5.59. The van der Waals surface area contributed by atoms with E-state index in [2.05, 4.69) is 42.8 Å². The zero-order valence-corrected chi connectivity index (χ0v) is 13.5. The molecule has 0 bridgehead atoms. The molecule has 0 saturated carbocycles. The van der Waals surface area contributed by atoms with E-state index in [1.807, 2.05) is 0 Å². The fraction of sp³-hybridized carbons (Fsp3) is 0.706. The molecule has 2 saturated heterocycles. The van der Waals surface area contributed by atoms with Gasteiger partial charge < -0.3 is 14.5 Å². The van der Waals surface area contributed by atoms with Gasteiger partial charge in [0.05, 0.1) is 6.61 Å². The number of rotatable bonds is 3. The molecule has 3 rings (SSSR count). The Morgan fingerprint density at radius 2 is 1.95 bits per heavy atom. The monoisotopic (exact) mass is 289 g/mol. The molecule has 1 unspecified atom stereocenters. The van der Waals surface area contributed by atoms with Crippen LogP contribution in [0.2, 0.25) is 0 Å². The van der Waals surface area contributed by atoms with Gasteiger partial charge in [0.15, 0.2) is 0 Å². The van der Waals surface area contributed by atoms with Crippen LogP contribution >= 0.6 is 0 Å². The van der Waals surface area contributed by atoms with Crippen molar-refractivity contribution in [1.29, 1.82) is 0 Å². The standard InChI is InChI=1S/C17H27N3O/c1-13(2)16-5-4-15(14-6-11-21-12-14)17(18-16)20-9-7-19(3)8-10-20/h4-5,13-14H,6-12H2,1-3H3. The molecule has 2 aliphatic rings. The lowest BCUT2D eigenvalue weighted by Crippen LogP contribution is -2.45. The Kier molecular flexibility index (Phi) is 4.45. The van der Waals surface area contributed by atoms with Crippen LogP contribution in [-0.2, 0) is 4.74 Å². The third-order valence-corrected chi connectivity index (χ3v) is 4.69. The molecular formula is C17H27N3O. The number of hydrogen-bond acceptors (Lipinski definition) is 4. The Morgan fingerprint density at radius 3 is 2.57 bits per heavy atom. The number of nitrogens with zero attached hydrogens (tertiary/aromatic N) is 3. The number of pyridine rings is 1. The van der Waals surface area contributed by atoms with Crippen LogP contribution in [0.25, 0.3) is 0 Å². The Labute approximate surface area is 128 Å². The molecule has 2 aliphatic heterocycles. The van der Waals surface area contributed by atoms with Crippen LogP contribution in [0, 0.1) is 0 Å². The van der Waals surface area contributed by atoms with Gasteiger partial charge in [-0.1, -0.05) is 19.9 Å². The first-order valence-corrected chi connectivity index (χ1v) is 8.17. The van der Waals surface area contributed by atoms with Crippen LogP contribution in [0.1, 0.15) is 43.4 Å². The Morgan fingerprint density at radius 1 is 1.19 bits per heavy atom. The van der Waals surface area contributed by atoms with Gasteiger partial charge in [0.1, 0.15) is 5.82 Å². The lowest BCUT2D eigenvalue weighted by atomic mass is 9.97. The minimum absolute atomic E-state index is 0.477. The van der Waals surface area contributed by atoms with E-state index in [9.17, 15) is 0 Å². The van der Waals surface area contributed by atoms with Crippen molar-refractivity contribution in [3.8, 4) is 0 Å². The second-order valence-electron chi connectivity index (χ2n) is 6.65. The summed E-state index contributed by atoms with van der Waals surface area (Å²) in [4.78, 5) is 9.88. The summed E-state index contributed by atoms with van der Waals surface area (Å²) in [7, 11) is 2.20. The van der Waals surface area contributed by atoms with Gasteiger partial charge in [-0.3, -0.25) is 0 Å². The van der Waals surface area contributed by atoms with Crippen LogP contribution in [0.3, 0.4) is 0 Å². The van der Waals surface area contributed by atoms with E-state index < -0.39 is 0 Å². The minimum atomic E-state index is 0.477. The average Bonchev–Trinajstić information content (AvgIpc) is 3.01. The van der Waals surface area contributed by atoms with Crippen molar-refractivity contribution in [3.63, 3.8) is 0 Å². The second kappa shape index (κ2) is 6.32. The lowest BCUT2D eigenvalue weighted by Gasteiger charge is -2.35. The summed E-state index contributed by atoms with van der Waals surface area (Å²) in [6, 6.07) is 4.51. The predicted octanol–water partition coefficient (Wildman–Crippen LogP) is 2.46. The number of piperazine rings is 1. The molecule has 0 radical (unpaired) electrons. The van der Waals surface area contributed by atoms with Gasteiger partial charge in [-0.05, 0) is 25.5 Å². The summed E-state index contributed by atoms with van der Waals surface area (Å²) in [6.07, 6.45) is 1.13. The van der Waals surface area contributed by atoms with E-state index in [0.29, 0.717) is 11.8 Å². The Balaban J connectivity index is 1.91. The Bertz CT molecular complexity index is 475. The highest BCUT2D eigenvalue weighted by atomic mass is 16.5. The number of hydrogen-bond donors (Lipinski definition) is 0. The van der Waals surface area contributed by atoms with Crippen LogP contribution < -0.4 is 4.90 Å². The van der Waals surface area contributed by atoms with E-state index in [-0.39, 0.29) is 0 Å². The average molecular weight is 289 g/mol. The molecule has 1 aromatic heterocycles. The van der Waals surface area contributed by atoms with Gasteiger partial charge in [0, 0.05) is 50.0 Å². The summed E-state index contributed by atoms with van der Waals surface area (Å²) >= 11 is 0. The molecular weight excluding hydrogens is 262 g/mol. The molecule has 0 N–H and O–H groups in total. The maximum atomic E-state index is 5.59. The molecule has 4 heteroatoms. The molecule has 1 aromatic rings. The zero-order valence-electron chi connectivity index (χ0n) is 13.5. The van der Waals surface area contributed by atoms with Crippen LogP contribution in [-0.4, -0.2) is 56.3 Å². The summed E-state index contributed by atoms with van der Waals surface area (Å²) in [5, 5.41) is 0. The molecule has 1 atom stereocenters. The number of ether oxygens (including phenoxy) is 1. The minimum Gasteiger partial charge on any atom is -0.381 e. The van der Waals surface area contributed by atoms with E-state index >= 15 is 0 Å². The van der Waals surface area contributed by atoms with Gasteiger partial charge >= 0.3 is 0 Å². The van der Waals surface area contributed by atoms with Crippen molar-refractivity contribution in [2.24, 2.45) is 0 Å². The molecule has 116 valence electrons. The van der Waals surface area contributed by atoms with Gasteiger partial charge in [0.2, 0.25) is 0 Å². The number of anilines is 1.